The number of hydrogen-bond acceptors (Lipinski definition) is 6. The number of sulfonamides is 1. The maximum Gasteiger partial charge on any atom is 0.243 e. The summed E-state index contributed by atoms with van der Waals surface area (Å²) in [4.78, 5) is 33.9. The van der Waals surface area contributed by atoms with Gasteiger partial charge in [0.15, 0.2) is 0 Å². The minimum atomic E-state index is -3.51. The van der Waals surface area contributed by atoms with Gasteiger partial charge >= 0.3 is 0 Å². The second-order valence-electron chi connectivity index (χ2n) is 11.4. The van der Waals surface area contributed by atoms with Gasteiger partial charge in [-0.1, -0.05) is 54.6 Å². The van der Waals surface area contributed by atoms with Gasteiger partial charge in [-0.2, -0.15) is 4.31 Å². The smallest absolute Gasteiger partial charge is 0.243 e. The zero-order valence-corrected chi connectivity index (χ0v) is 26.9. The first-order valence-electron chi connectivity index (χ1n) is 15.6. The topological polar surface area (TPSA) is 109 Å². The van der Waals surface area contributed by atoms with Crippen LogP contribution in [0.2, 0.25) is 0 Å². The van der Waals surface area contributed by atoms with Gasteiger partial charge in [0.05, 0.1) is 12.0 Å². The van der Waals surface area contributed by atoms with E-state index in [0.29, 0.717) is 38.2 Å². The lowest BCUT2D eigenvalue weighted by atomic mass is 10.0. The third-order valence-corrected chi connectivity index (χ3v) is 10.2. The summed E-state index contributed by atoms with van der Waals surface area (Å²) < 4.78 is 32.8. The minimum absolute atomic E-state index is 0.150. The summed E-state index contributed by atoms with van der Waals surface area (Å²) in [5, 5.41) is 3.03. The van der Waals surface area contributed by atoms with E-state index in [9.17, 15) is 18.0 Å². The Morgan fingerprint density at radius 3 is 2.15 bits per heavy atom. The predicted octanol–water partition coefficient (Wildman–Crippen LogP) is 4.76. The van der Waals surface area contributed by atoms with E-state index in [-0.39, 0.29) is 29.7 Å². The number of carbonyl (C=O) groups is 2. The number of amides is 2. The van der Waals surface area contributed by atoms with E-state index < -0.39 is 16.1 Å². The summed E-state index contributed by atoms with van der Waals surface area (Å²) in [6.45, 7) is 1.63. The number of benzene rings is 3. The SMILES string of the molecule is COc1ccc(CN(C(=O)CCc2ccc(S(=O)(=O)N3CCCC3)cc2)[C@H](Cc2ccccc2)C(=O)NCc2ccncc2)cc1. The fraction of sp³-hybridized carbons (Fsp3) is 0.306. The van der Waals surface area contributed by atoms with Crippen LogP contribution >= 0.6 is 0 Å². The van der Waals surface area contributed by atoms with Crippen molar-refractivity contribution < 1.29 is 22.7 Å². The molecule has 1 atom stereocenters. The number of nitrogens with one attached hydrogen (secondary N) is 1. The first-order valence-corrected chi connectivity index (χ1v) is 17.0. The lowest BCUT2D eigenvalue weighted by molar-refractivity contribution is -0.141. The molecule has 1 aromatic heterocycles. The van der Waals surface area contributed by atoms with Crippen LogP contribution in [-0.4, -0.2) is 60.7 Å². The Morgan fingerprint density at radius 1 is 0.848 bits per heavy atom. The average molecular weight is 641 g/mol. The van der Waals surface area contributed by atoms with Gasteiger partial charge in [-0.25, -0.2) is 8.42 Å². The summed E-state index contributed by atoms with van der Waals surface area (Å²) >= 11 is 0. The molecule has 1 aliphatic heterocycles. The summed E-state index contributed by atoms with van der Waals surface area (Å²) in [5.41, 5.74) is 3.56. The Balaban J connectivity index is 1.37. The van der Waals surface area contributed by atoms with Gasteiger partial charge in [-0.15, -0.1) is 0 Å². The van der Waals surface area contributed by atoms with Crippen molar-refractivity contribution in [3.63, 3.8) is 0 Å². The van der Waals surface area contributed by atoms with Crippen molar-refractivity contribution in [2.24, 2.45) is 0 Å². The van der Waals surface area contributed by atoms with Gasteiger partial charge in [-0.3, -0.25) is 14.6 Å². The number of nitrogens with zero attached hydrogens (tertiary/aromatic N) is 3. The highest BCUT2D eigenvalue weighted by atomic mass is 32.2. The van der Waals surface area contributed by atoms with Crippen LogP contribution in [0.3, 0.4) is 0 Å². The molecule has 0 spiro atoms. The molecule has 1 fully saturated rings. The molecule has 1 saturated heterocycles. The van der Waals surface area contributed by atoms with E-state index in [2.05, 4.69) is 10.3 Å². The third kappa shape index (κ3) is 8.58. The number of carbonyl (C=O) groups excluding carboxylic acids is 2. The van der Waals surface area contributed by atoms with Crippen molar-refractivity contribution in [1.82, 2.24) is 19.5 Å². The van der Waals surface area contributed by atoms with E-state index >= 15 is 0 Å². The second kappa shape index (κ2) is 15.6. The molecule has 10 heteroatoms. The largest absolute Gasteiger partial charge is 0.497 e. The van der Waals surface area contributed by atoms with Gasteiger partial charge < -0.3 is 15.0 Å². The Bertz CT molecular complexity index is 1680. The molecule has 0 aliphatic carbocycles. The number of aryl methyl sites for hydroxylation is 1. The molecule has 4 aromatic rings. The van der Waals surface area contributed by atoms with Crippen LogP contribution in [0.4, 0.5) is 0 Å². The Hall–Kier alpha value is -4.54. The predicted molar refractivity (Wildman–Crippen MR) is 176 cm³/mol. The fourth-order valence-corrected chi connectivity index (χ4v) is 7.11. The molecule has 2 amide bonds. The summed E-state index contributed by atoms with van der Waals surface area (Å²) in [6.07, 6.45) is 6.00. The highest BCUT2D eigenvalue weighted by Crippen LogP contribution is 2.23. The van der Waals surface area contributed by atoms with E-state index in [1.807, 2.05) is 66.7 Å². The summed E-state index contributed by atoms with van der Waals surface area (Å²) in [6, 6.07) is 26.8. The molecule has 2 heterocycles. The van der Waals surface area contributed by atoms with Gasteiger partial charge in [0.2, 0.25) is 21.8 Å². The van der Waals surface area contributed by atoms with Crippen LogP contribution in [-0.2, 0) is 45.5 Å². The molecule has 3 aromatic carbocycles. The monoisotopic (exact) mass is 640 g/mol. The van der Waals surface area contributed by atoms with Crippen molar-refractivity contribution in [2.75, 3.05) is 20.2 Å². The number of pyridine rings is 1. The summed E-state index contributed by atoms with van der Waals surface area (Å²) in [7, 11) is -1.92. The summed E-state index contributed by atoms with van der Waals surface area (Å²) in [5.74, 6) is 0.274. The molecule has 1 N–H and O–H groups in total. The fourth-order valence-electron chi connectivity index (χ4n) is 5.59. The van der Waals surface area contributed by atoms with Crippen molar-refractivity contribution >= 4 is 21.8 Å². The van der Waals surface area contributed by atoms with Gasteiger partial charge in [0.25, 0.3) is 0 Å². The molecule has 0 bridgehead atoms. The molecule has 9 nitrogen and oxygen atoms in total. The quantitative estimate of drug-likeness (QED) is 0.213. The standard InChI is InChI=1S/C36H40N4O5S/c1-45-32-14-9-31(10-15-32)27-40(34(25-29-7-3-2-4-8-29)36(42)38-26-30-19-21-37-22-20-30)35(41)18-13-28-11-16-33(17-12-28)46(43,44)39-23-5-6-24-39/h2-4,7-12,14-17,19-22,34H,5-6,13,18,23-27H2,1H3,(H,38,42)/t34-/m1/s1. The Morgan fingerprint density at radius 2 is 1.50 bits per heavy atom. The normalized spacial score (nSPS) is 14.0. The molecule has 46 heavy (non-hydrogen) atoms. The van der Waals surface area contributed by atoms with Crippen molar-refractivity contribution in [2.45, 2.75) is 56.1 Å². The van der Waals surface area contributed by atoms with Crippen molar-refractivity contribution in [3.8, 4) is 5.75 Å². The van der Waals surface area contributed by atoms with Gasteiger partial charge in [-0.05, 0) is 77.9 Å². The number of methoxy groups -OCH3 is 1. The number of ether oxygens (including phenoxy) is 1. The van der Waals surface area contributed by atoms with E-state index in [1.54, 1.807) is 48.7 Å². The Labute approximate surface area is 271 Å². The van der Waals surface area contributed by atoms with Crippen LogP contribution in [0.5, 0.6) is 5.75 Å². The van der Waals surface area contributed by atoms with E-state index in [0.717, 1.165) is 35.1 Å². The first kappa shape index (κ1) is 32.8. The van der Waals surface area contributed by atoms with Gasteiger partial charge in [0.1, 0.15) is 11.8 Å². The molecular formula is C36H40N4O5S. The maximum atomic E-state index is 14.1. The second-order valence-corrected chi connectivity index (χ2v) is 13.3. The highest BCUT2D eigenvalue weighted by Gasteiger charge is 2.31. The highest BCUT2D eigenvalue weighted by molar-refractivity contribution is 7.89. The number of hydrogen-bond donors (Lipinski definition) is 1. The lowest BCUT2D eigenvalue weighted by Gasteiger charge is -2.32. The third-order valence-electron chi connectivity index (χ3n) is 8.25. The van der Waals surface area contributed by atoms with Crippen molar-refractivity contribution in [3.05, 3.63) is 126 Å². The lowest BCUT2D eigenvalue weighted by Crippen LogP contribution is -2.50. The number of rotatable bonds is 14. The van der Waals surface area contributed by atoms with E-state index in [4.69, 9.17) is 4.74 Å². The number of aromatic nitrogens is 1. The van der Waals surface area contributed by atoms with Crippen LogP contribution in [0.1, 0.15) is 41.5 Å². The van der Waals surface area contributed by atoms with Crippen molar-refractivity contribution in [1.29, 1.82) is 0 Å². The van der Waals surface area contributed by atoms with Crippen LogP contribution in [0.15, 0.2) is 108 Å². The molecule has 0 saturated carbocycles. The molecule has 1 aliphatic rings. The molecule has 240 valence electrons. The minimum Gasteiger partial charge on any atom is -0.497 e. The Kier molecular flexibility index (Phi) is 11.2. The zero-order valence-electron chi connectivity index (χ0n) is 26.0. The molecule has 0 radical (unpaired) electrons. The van der Waals surface area contributed by atoms with E-state index in [1.165, 1.54) is 4.31 Å². The van der Waals surface area contributed by atoms with Crippen LogP contribution < -0.4 is 10.1 Å². The van der Waals surface area contributed by atoms with Crippen LogP contribution in [0.25, 0.3) is 0 Å². The molecule has 0 unspecified atom stereocenters. The first-order chi connectivity index (χ1) is 22.3. The van der Waals surface area contributed by atoms with Gasteiger partial charge in [0, 0.05) is 51.4 Å². The average Bonchev–Trinajstić information content (AvgIpc) is 3.66. The van der Waals surface area contributed by atoms with Crippen LogP contribution in [0, 0.1) is 0 Å². The molecular weight excluding hydrogens is 600 g/mol. The zero-order chi connectivity index (χ0) is 32.4. The maximum absolute atomic E-state index is 14.1. The molecule has 5 rings (SSSR count).